The molecule has 2 aromatic heterocycles. The average molecular weight is 419 g/mol. The second kappa shape index (κ2) is 8.37. The molecule has 1 N–H and O–H groups in total. The molecule has 1 fully saturated rings. The zero-order chi connectivity index (χ0) is 21.2. The van der Waals surface area contributed by atoms with Gasteiger partial charge < -0.3 is 19.2 Å². The normalized spacial score (nSPS) is 18.5. The van der Waals surface area contributed by atoms with E-state index in [9.17, 15) is 9.59 Å². The van der Waals surface area contributed by atoms with Crippen LogP contribution in [0.3, 0.4) is 0 Å². The molecular weight excluding hydrogens is 394 g/mol. The molecule has 160 valence electrons. The van der Waals surface area contributed by atoms with E-state index in [0.717, 1.165) is 50.3 Å². The molecule has 1 atom stereocenters. The maximum Gasteiger partial charge on any atom is 0.291 e. The van der Waals surface area contributed by atoms with Gasteiger partial charge in [0.1, 0.15) is 5.82 Å². The number of fused-ring (bicyclic) bond motifs is 1. The molecule has 0 bridgehead atoms. The lowest BCUT2D eigenvalue weighted by atomic mass is 10.1. The number of amides is 2. The molecule has 2 aliphatic rings. The van der Waals surface area contributed by atoms with Gasteiger partial charge in [-0.3, -0.25) is 9.59 Å². The SMILES string of the molecule is O=C(Nc1cccc(C(=O)N2CCCC2c2nnc3n2CCCCC3)c1)c1ccco1. The van der Waals surface area contributed by atoms with Gasteiger partial charge in [0.2, 0.25) is 0 Å². The first kappa shape index (κ1) is 19.5. The molecule has 5 rings (SSSR count). The number of hydrogen-bond donors (Lipinski definition) is 1. The number of nitrogens with one attached hydrogen (secondary N) is 1. The van der Waals surface area contributed by atoms with E-state index in [0.29, 0.717) is 17.8 Å². The predicted molar refractivity (Wildman–Crippen MR) is 114 cm³/mol. The number of hydrogen-bond acceptors (Lipinski definition) is 5. The third kappa shape index (κ3) is 3.85. The van der Waals surface area contributed by atoms with Crippen LogP contribution in [0.4, 0.5) is 5.69 Å². The van der Waals surface area contributed by atoms with Crippen molar-refractivity contribution in [3.05, 3.63) is 65.6 Å². The van der Waals surface area contributed by atoms with Crippen LogP contribution < -0.4 is 5.32 Å². The molecule has 2 aliphatic heterocycles. The van der Waals surface area contributed by atoms with E-state index in [1.807, 2.05) is 4.90 Å². The minimum Gasteiger partial charge on any atom is -0.459 e. The summed E-state index contributed by atoms with van der Waals surface area (Å²) in [6, 6.07) is 10.2. The standard InChI is InChI=1S/C23H25N5O3/c29-22(19-10-6-14-31-19)24-17-8-4-7-16(15-17)23(30)27-13-5-9-18(27)21-26-25-20-11-2-1-3-12-28(20)21/h4,6-8,10,14-15,18H,1-3,5,9,11-13H2,(H,24,29). The first-order valence-corrected chi connectivity index (χ1v) is 10.9. The number of benzene rings is 1. The summed E-state index contributed by atoms with van der Waals surface area (Å²) in [4.78, 5) is 27.6. The lowest BCUT2D eigenvalue weighted by Gasteiger charge is -2.25. The van der Waals surface area contributed by atoms with E-state index in [2.05, 4.69) is 20.1 Å². The summed E-state index contributed by atoms with van der Waals surface area (Å²) in [6.45, 7) is 1.61. The van der Waals surface area contributed by atoms with Gasteiger partial charge >= 0.3 is 0 Å². The highest BCUT2D eigenvalue weighted by Crippen LogP contribution is 2.33. The highest BCUT2D eigenvalue weighted by molar-refractivity contribution is 6.03. The summed E-state index contributed by atoms with van der Waals surface area (Å²) >= 11 is 0. The number of likely N-dealkylation sites (tertiary alicyclic amines) is 1. The number of carbonyl (C=O) groups is 2. The van der Waals surface area contributed by atoms with Crippen LogP contribution >= 0.6 is 0 Å². The van der Waals surface area contributed by atoms with Gasteiger partial charge in [-0.2, -0.15) is 0 Å². The lowest BCUT2D eigenvalue weighted by molar-refractivity contribution is 0.0726. The predicted octanol–water partition coefficient (Wildman–Crippen LogP) is 3.83. The quantitative estimate of drug-likeness (QED) is 0.694. The smallest absolute Gasteiger partial charge is 0.291 e. The van der Waals surface area contributed by atoms with E-state index in [-0.39, 0.29) is 23.6 Å². The topological polar surface area (TPSA) is 93.3 Å². The number of aryl methyl sites for hydroxylation is 1. The summed E-state index contributed by atoms with van der Waals surface area (Å²) in [7, 11) is 0. The van der Waals surface area contributed by atoms with E-state index in [1.54, 1.807) is 36.4 Å². The zero-order valence-electron chi connectivity index (χ0n) is 17.3. The first-order chi connectivity index (χ1) is 15.2. The van der Waals surface area contributed by atoms with Gasteiger partial charge in [0.15, 0.2) is 11.6 Å². The van der Waals surface area contributed by atoms with Gasteiger partial charge in [-0.25, -0.2) is 0 Å². The Morgan fingerprint density at radius 3 is 2.84 bits per heavy atom. The average Bonchev–Trinajstić information content (AvgIpc) is 3.52. The fourth-order valence-electron chi connectivity index (χ4n) is 4.53. The highest BCUT2D eigenvalue weighted by Gasteiger charge is 2.35. The second-order valence-electron chi connectivity index (χ2n) is 8.11. The highest BCUT2D eigenvalue weighted by atomic mass is 16.3. The van der Waals surface area contributed by atoms with Crippen LogP contribution in [0.1, 0.15) is 70.7 Å². The van der Waals surface area contributed by atoms with E-state index in [4.69, 9.17) is 4.42 Å². The monoisotopic (exact) mass is 419 g/mol. The molecule has 1 saturated heterocycles. The van der Waals surface area contributed by atoms with Crippen LogP contribution in [0.25, 0.3) is 0 Å². The van der Waals surface area contributed by atoms with Gasteiger partial charge in [0.05, 0.1) is 12.3 Å². The summed E-state index contributed by atoms with van der Waals surface area (Å²) in [6.07, 6.45) is 7.69. The number of nitrogens with zero attached hydrogens (tertiary/aromatic N) is 4. The summed E-state index contributed by atoms with van der Waals surface area (Å²) in [5.41, 5.74) is 1.10. The zero-order valence-corrected chi connectivity index (χ0v) is 17.3. The van der Waals surface area contributed by atoms with E-state index in [1.165, 1.54) is 12.7 Å². The molecule has 3 aromatic rings. The first-order valence-electron chi connectivity index (χ1n) is 10.9. The Hall–Kier alpha value is -3.42. The number of furan rings is 1. The van der Waals surface area contributed by atoms with Crippen molar-refractivity contribution in [3.8, 4) is 0 Å². The Labute approximate surface area is 180 Å². The summed E-state index contributed by atoms with van der Waals surface area (Å²) < 4.78 is 7.36. The molecule has 8 heteroatoms. The maximum absolute atomic E-state index is 13.4. The molecule has 31 heavy (non-hydrogen) atoms. The number of anilines is 1. The van der Waals surface area contributed by atoms with Gasteiger partial charge in [-0.05, 0) is 56.0 Å². The van der Waals surface area contributed by atoms with Crippen molar-refractivity contribution in [1.82, 2.24) is 19.7 Å². The van der Waals surface area contributed by atoms with E-state index >= 15 is 0 Å². The minimum atomic E-state index is -0.347. The maximum atomic E-state index is 13.4. The molecule has 1 unspecified atom stereocenters. The van der Waals surface area contributed by atoms with Crippen LogP contribution in [0.5, 0.6) is 0 Å². The largest absolute Gasteiger partial charge is 0.459 e. The molecular formula is C23H25N5O3. The van der Waals surface area contributed by atoms with Crippen molar-refractivity contribution < 1.29 is 14.0 Å². The molecule has 1 aromatic carbocycles. The Kier molecular flexibility index (Phi) is 5.28. The number of aromatic nitrogens is 3. The van der Waals surface area contributed by atoms with Crippen LogP contribution in [0.2, 0.25) is 0 Å². The Morgan fingerprint density at radius 1 is 1.03 bits per heavy atom. The second-order valence-corrected chi connectivity index (χ2v) is 8.11. The number of rotatable bonds is 4. The van der Waals surface area contributed by atoms with Crippen LogP contribution in [0.15, 0.2) is 47.1 Å². The third-order valence-electron chi connectivity index (χ3n) is 6.06. The molecule has 0 spiro atoms. The summed E-state index contributed by atoms with van der Waals surface area (Å²) in [5.74, 6) is 1.77. The lowest BCUT2D eigenvalue weighted by Crippen LogP contribution is -2.32. The van der Waals surface area contributed by atoms with Gasteiger partial charge in [0.25, 0.3) is 11.8 Å². The van der Waals surface area contributed by atoms with Gasteiger partial charge in [0, 0.05) is 30.8 Å². The molecule has 2 amide bonds. The van der Waals surface area contributed by atoms with Crippen molar-refractivity contribution in [2.45, 2.75) is 51.1 Å². The molecule has 8 nitrogen and oxygen atoms in total. The fraction of sp³-hybridized carbons (Fsp3) is 0.391. The minimum absolute atomic E-state index is 0.0532. The Bertz CT molecular complexity index is 1090. The van der Waals surface area contributed by atoms with Crippen LogP contribution in [0, 0.1) is 0 Å². The van der Waals surface area contributed by atoms with Crippen molar-refractivity contribution >= 4 is 17.5 Å². The summed E-state index contributed by atoms with van der Waals surface area (Å²) in [5, 5.41) is 11.7. The number of carbonyl (C=O) groups excluding carboxylic acids is 2. The van der Waals surface area contributed by atoms with Gasteiger partial charge in [-0.1, -0.05) is 12.5 Å². The van der Waals surface area contributed by atoms with Gasteiger partial charge in [-0.15, -0.1) is 10.2 Å². The van der Waals surface area contributed by atoms with E-state index < -0.39 is 0 Å². The van der Waals surface area contributed by atoms with Crippen molar-refractivity contribution in [2.24, 2.45) is 0 Å². The molecule has 0 saturated carbocycles. The third-order valence-corrected chi connectivity index (χ3v) is 6.06. The van der Waals surface area contributed by atoms with Crippen molar-refractivity contribution in [2.75, 3.05) is 11.9 Å². The molecule has 4 heterocycles. The molecule has 0 aliphatic carbocycles. The van der Waals surface area contributed by atoms with Crippen LogP contribution in [-0.2, 0) is 13.0 Å². The Morgan fingerprint density at radius 2 is 1.97 bits per heavy atom. The fourth-order valence-corrected chi connectivity index (χ4v) is 4.53. The van der Waals surface area contributed by atoms with Crippen molar-refractivity contribution in [3.63, 3.8) is 0 Å². The van der Waals surface area contributed by atoms with Crippen molar-refractivity contribution in [1.29, 1.82) is 0 Å². The Balaban J connectivity index is 1.36. The van der Waals surface area contributed by atoms with Crippen LogP contribution in [-0.4, -0.2) is 38.0 Å². The molecule has 0 radical (unpaired) electrons.